The number of fused-ring (bicyclic) bond motifs is 1. The monoisotopic (exact) mass is 344 g/mol. The van der Waals surface area contributed by atoms with E-state index in [-0.39, 0.29) is 11.2 Å². The lowest BCUT2D eigenvalue weighted by molar-refractivity contribution is -0.129. The second-order valence-electron chi connectivity index (χ2n) is 5.39. The second kappa shape index (κ2) is 7.09. The van der Waals surface area contributed by atoms with Crippen molar-refractivity contribution in [3.8, 4) is 11.5 Å². The molecule has 3 aromatic rings. The zero-order valence-corrected chi connectivity index (χ0v) is 14.8. The van der Waals surface area contributed by atoms with E-state index in [0.29, 0.717) is 24.2 Å². The topological polar surface area (TPSA) is 75.0 Å². The lowest BCUT2D eigenvalue weighted by atomic mass is 10.2. The molecule has 1 unspecified atom stereocenters. The molecule has 1 amide bonds. The normalized spacial score (nSPS) is 12.5. The molecule has 0 radical (unpaired) electrons. The van der Waals surface area contributed by atoms with Crippen molar-refractivity contribution in [2.75, 3.05) is 13.1 Å². The van der Waals surface area contributed by atoms with Gasteiger partial charge in [0.15, 0.2) is 0 Å². The zero-order valence-electron chi connectivity index (χ0n) is 13.9. The van der Waals surface area contributed by atoms with Gasteiger partial charge in [-0.2, -0.15) is 0 Å². The van der Waals surface area contributed by atoms with Crippen molar-refractivity contribution in [1.82, 2.24) is 20.1 Å². The summed E-state index contributed by atoms with van der Waals surface area (Å²) in [6.07, 6.45) is 1.86. The predicted octanol–water partition coefficient (Wildman–Crippen LogP) is 3.57. The number of carbonyl (C=O) groups excluding carboxylic acids is 1. The van der Waals surface area contributed by atoms with Gasteiger partial charge >= 0.3 is 0 Å². The van der Waals surface area contributed by atoms with E-state index in [2.05, 4.69) is 15.2 Å². The molecule has 0 saturated heterocycles. The Hall–Kier alpha value is -2.28. The lowest BCUT2D eigenvalue weighted by Crippen LogP contribution is -2.36. The molecule has 24 heavy (non-hydrogen) atoms. The summed E-state index contributed by atoms with van der Waals surface area (Å²) < 4.78 is 5.75. The van der Waals surface area contributed by atoms with E-state index in [4.69, 9.17) is 4.42 Å². The van der Waals surface area contributed by atoms with Crippen LogP contribution in [0.3, 0.4) is 0 Å². The Balaban J connectivity index is 1.77. The van der Waals surface area contributed by atoms with Crippen molar-refractivity contribution in [1.29, 1.82) is 0 Å². The van der Waals surface area contributed by atoms with E-state index < -0.39 is 0 Å². The van der Waals surface area contributed by atoms with Crippen LogP contribution >= 0.6 is 11.8 Å². The molecule has 3 rings (SSSR count). The van der Waals surface area contributed by atoms with Gasteiger partial charge in [0, 0.05) is 30.2 Å². The van der Waals surface area contributed by atoms with E-state index in [1.165, 1.54) is 11.8 Å². The highest BCUT2D eigenvalue weighted by molar-refractivity contribution is 8.00. The molecule has 126 valence electrons. The maximum atomic E-state index is 12.3. The van der Waals surface area contributed by atoms with Gasteiger partial charge in [-0.25, -0.2) is 0 Å². The van der Waals surface area contributed by atoms with Crippen LogP contribution in [0.2, 0.25) is 0 Å². The number of benzene rings is 1. The van der Waals surface area contributed by atoms with Gasteiger partial charge in [-0.3, -0.25) is 4.79 Å². The third-order valence-electron chi connectivity index (χ3n) is 3.93. The molecule has 0 aliphatic rings. The van der Waals surface area contributed by atoms with Crippen LogP contribution in [0.4, 0.5) is 0 Å². The number of H-pyrrole nitrogens is 1. The molecule has 2 aromatic heterocycles. The van der Waals surface area contributed by atoms with Crippen molar-refractivity contribution in [2.24, 2.45) is 0 Å². The van der Waals surface area contributed by atoms with Crippen LogP contribution in [-0.2, 0) is 4.79 Å². The number of rotatable bonds is 6. The summed E-state index contributed by atoms with van der Waals surface area (Å²) >= 11 is 1.29. The molecule has 6 nitrogen and oxygen atoms in total. The van der Waals surface area contributed by atoms with Crippen LogP contribution in [-0.4, -0.2) is 44.3 Å². The summed E-state index contributed by atoms with van der Waals surface area (Å²) in [6.45, 7) is 7.21. The van der Waals surface area contributed by atoms with Crippen molar-refractivity contribution in [3.05, 3.63) is 30.5 Å². The fraction of sp³-hybridized carbons (Fsp3) is 0.353. The van der Waals surface area contributed by atoms with E-state index in [9.17, 15) is 4.79 Å². The van der Waals surface area contributed by atoms with Crippen LogP contribution in [0, 0.1) is 0 Å². The summed E-state index contributed by atoms with van der Waals surface area (Å²) in [6, 6.07) is 7.94. The Morgan fingerprint density at radius 1 is 1.29 bits per heavy atom. The molecule has 7 heteroatoms. The van der Waals surface area contributed by atoms with Gasteiger partial charge in [-0.15, -0.1) is 10.2 Å². The maximum absolute atomic E-state index is 12.3. The number of hydrogen-bond donors (Lipinski definition) is 1. The van der Waals surface area contributed by atoms with Crippen molar-refractivity contribution in [3.63, 3.8) is 0 Å². The van der Waals surface area contributed by atoms with Crippen molar-refractivity contribution < 1.29 is 9.21 Å². The molecule has 0 aliphatic carbocycles. The molecule has 0 aliphatic heterocycles. The fourth-order valence-electron chi connectivity index (χ4n) is 2.61. The SMILES string of the molecule is CCN(CC)C(=O)C(C)Sc1nnc(-c2c[nH]c3ccccc23)o1. The van der Waals surface area contributed by atoms with Crippen LogP contribution in [0.15, 0.2) is 40.1 Å². The molecule has 1 atom stereocenters. The second-order valence-corrected chi connectivity index (χ2v) is 6.68. The van der Waals surface area contributed by atoms with Crippen LogP contribution in [0.1, 0.15) is 20.8 Å². The largest absolute Gasteiger partial charge is 0.411 e. The molecule has 0 fully saturated rings. The number of amides is 1. The van der Waals surface area contributed by atoms with Crippen LogP contribution in [0.5, 0.6) is 0 Å². The summed E-state index contributed by atoms with van der Waals surface area (Å²) in [5, 5.41) is 9.37. The summed E-state index contributed by atoms with van der Waals surface area (Å²) in [4.78, 5) is 17.3. The number of carbonyl (C=O) groups is 1. The highest BCUT2D eigenvalue weighted by atomic mass is 32.2. The average Bonchev–Trinajstić information content (AvgIpc) is 3.22. The van der Waals surface area contributed by atoms with Crippen molar-refractivity contribution in [2.45, 2.75) is 31.2 Å². The number of aromatic amines is 1. The first-order chi connectivity index (χ1) is 11.6. The Morgan fingerprint density at radius 3 is 2.79 bits per heavy atom. The van der Waals surface area contributed by atoms with Gasteiger partial charge in [0.1, 0.15) is 0 Å². The fourth-order valence-corrected chi connectivity index (χ4v) is 3.38. The maximum Gasteiger partial charge on any atom is 0.277 e. The van der Waals surface area contributed by atoms with E-state index in [1.807, 2.05) is 51.2 Å². The summed E-state index contributed by atoms with van der Waals surface area (Å²) in [5.41, 5.74) is 1.89. The minimum atomic E-state index is -0.263. The van der Waals surface area contributed by atoms with Gasteiger partial charge in [-0.05, 0) is 26.8 Å². The van der Waals surface area contributed by atoms with Crippen LogP contribution < -0.4 is 0 Å². The minimum absolute atomic E-state index is 0.0804. The Bertz CT molecular complexity index is 838. The Labute approximate surface area is 144 Å². The smallest absolute Gasteiger partial charge is 0.277 e. The predicted molar refractivity (Wildman–Crippen MR) is 94.8 cm³/mol. The molecule has 1 N–H and O–H groups in total. The Kier molecular flexibility index (Phi) is 4.89. The molecular weight excluding hydrogens is 324 g/mol. The molecule has 0 bridgehead atoms. The van der Waals surface area contributed by atoms with E-state index in [1.54, 1.807) is 4.90 Å². The van der Waals surface area contributed by atoms with Gasteiger partial charge in [0.25, 0.3) is 11.1 Å². The van der Waals surface area contributed by atoms with Gasteiger partial charge < -0.3 is 14.3 Å². The van der Waals surface area contributed by atoms with Crippen LogP contribution in [0.25, 0.3) is 22.4 Å². The number of para-hydroxylation sites is 1. The quantitative estimate of drug-likeness (QED) is 0.692. The third-order valence-corrected chi connectivity index (χ3v) is 4.85. The zero-order chi connectivity index (χ0) is 17.1. The standard InChI is InChI=1S/C17H20N4O2S/c1-4-21(5-2)16(22)11(3)24-17-20-19-15(23-17)13-10-18-14-9-7-6-8-12(13)14/h6-11,18H,4-5H2,1-3H3. The van der Waals surface area contributed by atoms with Gasteiger partial charge in [0.2, 0.25) is 5.91 Å². The third kappa shape index (κ3) is 3.17. The van der Waals surface area contributed by atoms with E-state index >= 15 is 0 Å². The first-order valence-electron chi connectivity index (χ1n) is 7.99. The lowest BCUT2D eigenvalue weighted by Gasteiger charge is -2.21. The highest BCUT2D eigenvalue weighted by Gasteiger charge is 2.22. The number of thioether (sulfide) groups is 1. The molecule has 0 spiro atoms. The van der Waals surface area contributed by atoms with E-state index in [0.717, 1.165) is 16.5 Å². The number of nitrogens with one attached hydrogen (secondary N) is 1. The average molecular weight is 344 g/mol. The highest BCUT2D eigenvalue weighted by Crippen LogP contribution is 2.30. The molecule has 2 heterocycles. The minimum Gasteiger partial charge on any atom is -0.411 e. The number of hydrogen-bond acceptors (Lipinski definition) is 5. The number of nitrogens with zero attached hydrogens (tertiary/aromatic N) is 3. The van der Waals surface area contributed by atoms with Gasteiger partial charge in [0.05, 0.1) is 10.8 Å². The first-order valence-corrected chi connectivity index (χ1v) is 8.87. The van der Waals surface area contributed by atoms with Gasteiger partial charge in [-0.1, -0.05) is 30.0 Å². The molecular formula is C17H20N4O2S. The summed E-state index contributed by atoms with van der Waals surface area (Å²) in [7, 11) is 0. The summed E-state index contributed by atoms with van der Waals surface area (Å²) in [5.74, 6) is 0.536. The Morgan fingerprint density at radius 2 is 2.04 bits per heavy atom. The molecule has 1 aromatic carbocycles. The van der Waals surface area contributed by atoms with Crippen molar-refractivity contribution >= 4 is 28.6 Å². The first kappa shape index (κ1) is 16.6. The number of aromatic nitrogens is 3. The molecule has 0 saturated carbocycles.